The van der Waals surface area contributed by atoms with Crippen LogP contribution in [0.15, 0.2) is 36.4 Å². The number of phenolic OH excluding ortho intramolecular Hbond substituents is 1. The number of fused-ring (bicyclic) bond motifs is 1. The lowest BCUT2D eigenvalue weighted by atomic mass is 9.88. The molecule has 1 atom stereocenters. The van der Waals surface area contributed by atoms with Gasteiger partial charge in [-0.15, -0.1) is 15.3 Å². The van der Waals surface area contributed by atoms with Crippen LogP contribution in [0.2, 0.25) is 0 Å². The molecule has 0 saturated heterocycles. The molecule has 0 fully saturated rings. The van der Waals surface area contributed by atoms with Gasteiger partial charge in [-0.05, 0) is 42.2 Å². The number of benzene rings is 1. The molecule has 0 spiro atoms. The summed E-state index contributed by atoms with van der Waals surface area (Å²) >= 11 is 0. The molecule has 6 heteroatoms. The Bertz CT molecular complexity index is 833. The Kier molecular flexibility index (Phi) is 4.13. The van der Waals surface area contributed by atoms with Crippen LogP contribution in [-0.2, 0) is 6.42 Å². The van der Waals surface area contributed by atoms with E-state index in [1.54, 1.807) is 16.6 Å². The van der Waals surface area contributed by atoms with Crippen molar-refractivity contribution in [3.8, 4) is 5.75 Å². The summed E-state index contributed by atoms with van der Waals surface area (Å²) in [7, 11) is 0. The van der Waals surface area contributed by atoms with Crippen LogP contribution < -0.4 is 5.32 Å². The molecule has 2 heterocycles. The second-order valence-electron chi connectivity index (χ2n) is 7.18. The van der Waals surface area contributed by atoms with Crippen molar-refractivity contribution < 1.29 is 5.11 Å². The van der Waals surface area contributed by atoms with Crippen molar-refractivity contribution >= 4 is 11.5 Å². The predicted octanol–water partition coefficient (Wildman–Crippen LogP) is 3.27. The molecule has 2 aromatic heterocycles. The lowest BCUT2D eigenvalue weighted by molar-refractivity contribution is 0.358. The van der Waals surface area contributed by atoms with Crippen molar-refractivity contribution in [3.63, 3.8) is 0 Å². The molecular weight excluding hydrogens is 302 g/mol. The van der Waals surface area contributed by atoms with Gasteiger partial charge in [-0.1, -0.05) is 32.9 Å². The Labute approximate surface area is 141 Å². The van der Waals surface area contributed by atoms with Crippen LogP contribution in [0.3, 0.4) is 0 Å². The number of nitrogens with zero attached hydrogens (tertiary/aromatic N) is 4. The summed E-state index contributed by atoms with van der Waals surface area (Å²) in [6, 6.07) is 11.2. The van der Waals surface area contributed by atoms with Crippen molar-refractivity contribution in [1.82, 2.24) is 19.8 Å². The Hall–Kier alpha value is -2.63. The maximum Gasteiger partial charge on any atom is 0.178 e. The second kappa shape index (κ2) is 6.11. The smallest absolute Gasteiger partial charge is 0.178 e. The minimum Gasteiger partial charge on any atom is -0.508 e. The summed E-state index contributed by atoms with van der Waals surface area (Å²) in [5.41, 5.74) is 1.90. The summed E-state index contributed by atoms with van der Waals surface area (Å²) in [5.74, 6) is 1.82. The number of aromatic nitrogens is 4. The van der Waals surface area contributed by atoms with E-state index in [1.807, 2.05) is 24.3 Å². The van der Waals surface area contributed by atoms with Crippen LogP contribution in [0, 0.1) is 5.41 Å². The van der Waals surface area contributed by atoms with E-state index in [0.717, 1.165) is 22.9 Å². The van der Waals surface area contributed by atoms with Gasteiger partial charge in [-0.2, -0.15) is 4.52 Å². The number of hydrogen-bond acceptors (Lipinski definition) is 5. The fourth-order valence-corrected chi connectivity index (χ4v) is 2.26. The first kappa shape index (κ1) is 16.2. The van der Waals surface area contributed by atoms with E-state index in [-0.39, 0.29) is 17.2 Å². The maximum atomic E-state index is 9.39. The molecule has 1 aromatic carbocycles. The van der Waals surface area contributed by atoms with Gasteiger partial charge in [0, 0.05) is 12.5 Å². The van der Waals surface area contributed by atoms with Gasteiger partial charge in [0.15, 0.2) is 11.5 Å². The number of hydrogen-bond donors (Lipinski definition) is 2. The minimum absolute atomic E-state index is 0.138. The largest absolute Gasteiger partial charge is 0.508 e. The molecule has 6 nitrogen and oxygen atoms in total. The van der Waals surface area contributed by atoms with Gasteiger partial charge in [-0.25, -0.2) is 0 Å². The molecule has 0 aliphatic carbocycles. The van der Waals surface area contributed by atoms with Crippen molar-refractivity contribution in [2.45, 2.75) is 40.2 Å². The second-order valence-corrected chi connectivity index (χ2v) is 7.18. The number of aromatic hydroxyl groups is 1. The first-order valence-corrected chi connectivity index (χ1v) is 8.09. The lowest BCUT2D eigenvalue weighted by Crippen LogP contribution is -2.31. The molecule has 24 heavy (non-hydrogen) atoms. The topological polar surface area (TPSA) is 75.3 Å². The van der Waals surface area contributed by atoms with E-state index in [9.17, 15) is 5.11 Å². The summed E-state index contributed by atoms with van der Waals surface area (Å²) in [5, 5.41) is 25.9. The van der Waals surface area contributed by atoms with Gasteiger partial charge in [0.2, 0.25) is 0 Å². The van der Waals surface area contributed by atoms with Crippen LogP contribution in [0.5, 0.6) is 5.75 Å². The highest BCUT2D eigenvalue weighted by molar-refractivity contribution is 5.45. The van der Waals surface area contributed by atoms with Crippen molar-refractivity contribution in [3.05, 3.63) is 47.8 Å². The molecule has 3 rings (SSSR count). The molecule has 0 amide bonds. The molecule has 126 valence electrons. The van der Waals surface area contributed by atoms with E-state index < -0.39 is 0 Å². The number of nitrogens with one attached hydrogen (secondary N) is 1. The van der Waals surface area contributed by atoms with Gasteiger partial charge in [0.05, 0.1) is 0 Å². The average Bonchev–Trinajstić information content (AvgIpc) is 2.91. The van der Waals surface area contributed by atoms with E-state index in [1.165, 1.54) is 0 Å². The predicted molar refractivity (Wildman–Crippen MR) is 94.2 cm³/mol. The molecule has 0 bridgehead atoms. The van der Waals surface area contributed by atoms with E-state index in [4.69, 9.17) is 0 Å². The maximum absolute atomic E-state index is 9.39. The van der Waals surface area contributed by atoms with Crippen LogP contribution >= 0.6 is 0 Å². The Morgan fingerprint density at radius 2 is 1.79 bits per heavy atom. The summed E-state index contributed by atoms with van der Waals surface area (Å²) in [4.78, 5) is 0. The van der Waals surface area contributed by atoms with Crippen LogP contribution in [0.4, 0.5) is 5.82 Å². The third-order valence-electron chi connectivity index (χ3n) is 4.29. The van der Waals surface area contributed by atoms with Gasteiger partial charge in [-0.3, -0.25) is 0 Å². The highest BCUT2D eigenvalue weighted by Gasteiger charge is 2.20. The highest BCUT2D eigenvalue weighted by atomic mass is 16.3. The summed E-state index contributed by atoms with van der Waals surface area (Å²) in [6.07, 6.45) is 0.604. The van der Waals surface area contributed by atoms with Crippen molar-refractivity contribution in [2.75, 3.05) is 5.32 Å². The molecule has 1 unspecified atom stereocenters. The lowest BCUT2D eigenvalue weighted by Gasteiger charge is -2.28. The fourth-order valence-electron chi connectivity index (χ4n) is 2.26. The molecule has 3 aromatic rings. The van der Waals surface area contributed by atoms with E-state index in [0.29, 0.717) is 6.42 Å². The Morgan fingerprint density at radius 3 is 2.46 bits per heavy atom. The number of phenols is 1. The molecule has 0 aliphatic heterocycles. The van der Waals surface area contributed by atoms with Gasteiger partial charge >= 0.3 is 0 Å². The average molecular weight is 325 g/mol. The van der Waals surface area contributed by atoms with Crippen LogP contribution in [-0.4, -0.2) is 31.0 Å². The summed E-state index contributed by atoms with van der Waals surface area (Å²) < 4.78 is 1.77. The fraction of sp³-hybridized carbons (Fsp3) is 0.389. The van der Waals surface area contributed by atoms with Crippen molar-refractivity contribution in [2.24, 2.45) is 5.41 Å². The first-order valence-electron chi connectivity index (χ1n) is 8.09. The monoisotopic (exact) mass is 325 g/mol. The van der Waals surface area contributed by atoms with E-state index >= 15 is 0 Å². The molecule has 0 aliphatic rings. The quantitative estimate of drug-likeness (QED) is 0.770. The van der Waals surface area contributed by atoms with Gasteiger partial charge in [0.25, 0.3) is 0 Å². The highest BCUT2D eigenvalue weighted by Crippen LogP contribution is 2.22. The minimum atomic E-state index is 0.138. The molecule has 0 saturated carbocycles. The van der Waals surface area contributed by atoms with Crippen LogP contribution in [0.1, 0.15) is 39.1 Å². The van der Waals surface area contributed by atoms with Crippen LogP contribution in [0.25, 0.3) is 5.65 Å². The molecule has 0 radical (unpaired) electrons. The molecule has 2 N–H and O–H groups in total. The Morgan fingerprint density at radius 1 is 1.08 bits per heavy atom. The van der Waals surface area contributed by atoms with Gasteiger partial charge < -0.3 is 10.4 Å². The normalized spacial score (nSPS) is 13.2. The SMILES string of the molecule is CC(Nc1ccc2nnc(Cc3ccc(O)cc3)n2n1)C(C)(C)C. The zero-order valence-electron chi connectivity index (χ0n) is 14.5. The van der Waals surface area contributed by atoms with Crippen molar-refractivity contribution in [1.29, 1.82) is 0 Å². The standard InChI is InChI=1S/C18H23N5O/c1-12(18(2,3)4)19-15-9-10-16-20-21-17(23(16)22-15)11-13-5-7-14(24)8-6-13/h5-10,12,24H,11H2,1-4H3,(H,19,22). The first-order chi connectivity index (χ1) is 11.3. The summed E-state index contributed by atoms with van der Waals surface area (Å²) in [6.45, 7) is 8.73. The Balaban J connectivity index is 1.87. The van der Waals surface area contributed by atoms with Gasteiger partial charge in [0.1, 0.15) is 11.6 Å². The van der Waals surface area contributed by atoms with E-state index in [2.05, 4.69) is 48.3 Å². The molecular formula is C18H23N5O. The third kappa shape index (κ3) is 3.48. The number of anilines is 1. The number of rotatable bonds is 4. The zero-order valence-corrected chi connectivity index (χ0v) is 14.5. The zero-order chi connectivity index (χ0) is 17.3. The third-order valence-corrected chi connectivity index (χ3v) is 4.29.